The molecule has 0 bridgehead atoms. The maximum atomic E-state index is 12.3. The molecular weight excluding hydrogens is 362 g/mol. The van der Waals surface area contributed by atoms with Crippen LogP contribution in [0.4, 0.5) is 5.13 Å². The Labute approximate surface area is 161 Å². The van der Waals surface area contributed by atoms with Crippen molar-refractivity contribution in [2.45, 2.75) is 26.4 Å². The van der Waals surface area contributed by atoms with Gasteiger partial charge >= 0.3 is 5.97 Å². The summed E-state index contributed by atoms with van der Waals surface area (Å²) in [4.78, 5) is 32.6. The number of carbonyl (C=O) groups is 2. The number of aromatic nitrogens is 2. The second-order valence-electron chi connectivity index (χ2n) is 5.84. The van der Waals surface area contributed by atoms with E-state index in [1.165, 1.54) is 36.1 Å². The molecule has 1 N–H and O–H groups in total. The van der Waals surface area contributed by atoms with E-state index in [0.29, 0.717) is 5.13 Å². The topological polar surface area (TPSA) is 81.2 Å². The van der Waals surface area contributed by atoms with E-state index in [1.54, 1.807) is 12.1 Å². The molecule has 1 aromatic carbocycles. The van der Waals surface area contributed by atoms with Crippen molar-refractivity contribution < 1.29 is 14.3 Å². The second-order valence-corrected chi connectivity index (χ2v) is 6.70. The highest BCUT2D eigenvalue weighted by Crippen LogP contribution is 2.25. The van der Waals surface area contributed by atoms with Crippen molar-refractivity contribution in [2.24, 2.45) is 0 Å². The lowest BCUT2D eigenvalue weighted by Crippen LogP contribution is -2.30. The smallest absolute Gasteiger partial charge is 0.357 e. The zero-order valence-electron chi connectivity index (χ0n) is 15.0. The monoisotopic (exact) mass is 381 g/mol. The molecule has 1 unspecified atom stereocenters. The van der Waals surface area contributed by atoms with Crippen LogP contribution in [0.1, 0.15) is 29.9 Å². The number of amides is 1. The zero-order valence-corrected chi connectivity index (χ0v) is 15.8. The van der Waals surface area contributed by atoms with Gasteiger partial charge in [0.15, 0.2) is 11.2 Å². The molecule has 3 aromatic rings. The highest BCUT2D eigenvalue weighted by Gasteiger charge is 2.20. The molecule has 0 aliphatic heterocycles. The standard InChI is InChI=1S/C20H19N3O3S/c1-3-14-7-9-15(10-8-14)17-12-27-20(22-17)23-18(24)13(2)26-19(25)16-6-4-5-11-21-16/h4-13H,3H2,1-2H3,(H,22,23,24). The van der Waals surface area contributed by atoms with Crippen LogP contribution in [-0.4, -0.2) is 27.9 Å². The molecule has 1 amide bonds. The second kappa shape index (κ2) is 8.55. The van der Waals surface area contributed by atoms with E-state index >= 15 is 0 Å². The Morgan fingerprint density at radius 2 is 1.96 bits per heavy atom. The van der Waals surface area contributed by atoms with E-state index in [-0.39, 0.29) is 5.69 Å². The van der Waals surface area contributed by atoms with Crippen molar-refractivity contribution in [1.29, 1.82) is 0 Å². The summed E-state index contributed by atoms with van der Waals surface area (Å²) in [7, 11) is 0. The number of rotatable bonds is 6. The van der Waals surface area contributed by atoms with Gasteiger partial charge in [-0.3, -0.25) is 10.1 Å². The van der Waals surface area contributed by atoms with Crippen molar-refractivity contribution in [3.63, 3.8) is 0 Å². The van der Waals surface area contributed by atoms with Crippen LogP contribution in [0, 0.1) is 0 Å². The summed E-state index contributed by atoms with van der Waals surface area (Å²) in [5, 5.41) is 5.01. The number of nitrogens with one attached hydrogen (secondary N) is 1. The minimum atomic E-state index is -0.962. The van der Waals surface area contributed by atoms with Gasteiger partial charge in [0.05, 0.1) is 5.69 Å². The van der Waals surface area contributed by atoms with E-state index in [1.807, 2.05) is 17.5 Å². The van der Waals surface area contributed by atoms with Gasteiger partial charge in [-0.25, -0.2) is 14.8 Å². The molecule has 7 heteroatoms. The van der Waals surface area contributed by atoms with Gasteiger partial charge in [-0.2, -0.15) is 0 Å². The first kappa shape index (κ1) is 18.7. The Hall–Kier alpha value is -3.06. The molecule has 3 rings (SSSR count). The molecule has 0 aliphatic carbocycles. The number of nitrogens with zero attached hydrogens (tertiary/aromatic N) is 2. The maximum absolute atomic E-state index is 12.3. The zero-order chi connectivity index (χ0) is 19.2. The van der Waals surface area contributed by atoms with E-state index in [4.69, 9.17) is 4.74 Å². The summed E-state index contributed by atoms with van der Waals surface area (Å²) in [5.74, 6) is -1.09. The number of benzene rings is 1. The van der Waals surface area contributed by atoms with Crippen molar-refractivity contribution in [3.05, 3.63) is 65.3 Å². The van der Waals surface area contributed by atoms with Crippen LogP contribution < -0.4 is 5.32 Å². The van der Waals surface area contributed by atoms with Crippen LogP contribution in [-0.2, 0) is 16.0 Å². The quantitative estimate of drug-likeness (QED) is 0.654. The Morgan fingerprint density at radius 3 is 2.63 bits per heavy atom. The number of aryl methyl sites for hydroxylation is 1. The predicted octanol–water partition coefficient (Wildman–Crippen LogP) is 3.95. The first-order valence-corrected chi connectivity index (χ1v) is 9.42. The lowest BCUT2D eigenvalue weighted by Gasteiger charge is -2.11. The first-order chi connectivity index (χ1) is 13.1. The van der Waals surface area contributed by atoms with Gasteiger partial charge in [-0.05, 0) is 31.0 Å². The molecule has 6 nitrogen and oxygen atoms in total. The summed E-state index contributed by atoms with van der Waals surface area (Å²) in [6.45, 7) is 3.61. The lowest BCUT2D eigenvalue weighted by atomic mass is 10.1. The first-order valence-electron chi connectivity index (χ1n) is 8.54. The molecule has 1 atom stereocenters. The van der Waals surface area contributed by atoms with Gasteiger partial charge in [-0.1, -0.05) is 37.3 Å². The largest absolute Gasteiger partial charge is 0.448 e. The molecule has 0 fully saturated rings. The SMILES string of the molecule is CCc1ccc(-c2csc(NC(=O)C(C)OC(=O)c3ccccn3)n2)cc1. The Balaban J connectivity index is 1.60. The molecule has 27 heavy (non-hydrogen) atoms. The van der Waals surface area contributed by atoms with Crippen LogP contribution in [0.5, 0.6) is 0 Å². The molecule has 2 aromatic heterocycles. The third-order valence-electron chi connectivity index (χ3n) is 3.92. The molecule has 0 saturated heterocycles. The molecular formula is C20H19N3O3S. The predicted molar refractivity (Wildman–Crippen MR) is 105 cm³/mol. The summed E-state index contributed by atoms with van der Waals surface area (Å²) >= 11 is 1.32. The minimum absolute atomic E-state index is 0.157. The molecule has 2 heterocycles. The molecule has 0 spiro atoms. The van der Waals surface area contributed by atoms with Gasteiger partial charge in [-0.15, -0.1) is 11.3 Å². The van der Waals surface area contributed by atoms with Crippen molar-refractivity contribution in [3.8, 4) is 11.3 Å². The number of pyridine rings is 1. The van der Waals surface area contributed by atoms with Gasteiger partial charge in [0.1, 0.15) is 5.69 Å². The summed E-state index contributed by atoms with van der Waals surface area (Å²) < 4.78 is 5.15. The Kier molecular flexibility index (Phi) is 5.93. The third-order valence-corrected chi connectivity index (χ3v) is 4.68. The normalized spacial score (nSPS) is 11.6. The number of hydrogen-bond acceptors (Lipinski definition) is 6. The highest BCUT2D eigenvalue weighted by atomic mass is 32.1. The average Bonchev–Trinajstić information content (AvgIpc) is 3.17. The van der Waals surface area contributed by atoms with Crippen molar-refractivity contribution in [2.75, 3.05) is 5.32 Å². The van der Waals surface area contributed by atoms with Crippen molar-refractivity contribution >= 4 is 28.3 Å². The number of ether oxygens (including phenoxy) is 1. The fourth-order valence-electron chi connectivity index (χ4n) is 2.34. The lowest BCUT2D eigenvalue weighted by molar-refractivity contribution is -0.123. The summed E-state index contributed by atoms with van der Waals surface area (Å²) in [6.07, 6.45) is 1.51. The number of thiazole rings is 1. The number of anilines is 1. The highest BCUT2D eigenvalue weighted by molar-refractivity contribution is 7.14. The average molecular weight is 381 g/mol. The number of carbonyl (C=O) groups excluding carboxylic acids is 2. The molecule has 0 saturated carbocycles. The van der Waals surface area contributed by atoms with Gasteiger partial charge in [0.2, 0.25) is 0 Å². The van der Waals surface area contributed by atoms with Crippen LogP contribution in [0.3, 0.4) is 0 Å². The van der Waals surface area contributed by atoms with Crippen LogP contribution in [0.15, 0.2) is 54.0 Å². The molecule has 138 valence electrons. The van der Waals surface area contributed by atoms with E-state index in [0.717, 1.165) is 17.7 Å². The fourth-order valence-corrected chi connectivity index (χ4v) is 3.06. The number of esters is 1. The third kappa shape index (κ3) is 4.77. The van der Waals surface area contributed by atoms with E-state index < -0.39 is 18.0 Å². The van der Waals surface area contributed by atoms with Crippen LogP contribution in [0.2, 0.25) is 0 Å². The fraction of sp³-hybridized carbons (Fsp3) is 0.200. The summed E-state index contributed by atoms with van der Waals surface area (Å²) in [6, 6.07) is 13.1. The van der Waals surface area contributed by atoms with Gasteiger partial charge in [0, 0.05) is 17.1 Å². The maximum Gasteiger partial charge on any atom is 0.357 e. The van der Waals surface area contributed by atoms with Crippen LogP contribution in [0.25, 0.3) is 11.3 Å². The Bertz CT molecular complexity index is 923. The van der Waals surface area contributed by atoms with Gasteiger partial charge < -0.3 is 4.74 Å². The van der Waals surface area contributed by atoms with Crippen molar-refractivity contribution in [1.82, 2.24) is 9.97 Å². The molecule has 0 aliphatic rings. The minimum Gasteiger partial charge on any atom is -0.448 e. The molecule has 0 radical (unpaired) electrons. The van der Waals surface area contributed by atoms with Gasteiger partial charge in [0.25, 0.3) is 5.91 Å². The number of hydrogen-bond donors (Lipinski definition) is 1. The Morgan fingerprint density at radius 1 is 1.19 bits per heavy atom. The van der Waals surface area contributed by atoms with E-state index in [9.17, 15) is 9.59 Å². The van der Waals surface area contributed by atoms with Crippen LogP contribution >= 0.6 is 11.3 Å². The summed E-state index contributed by atoms with van der Waals surface area (Å²) in [5.41, 5.74) is 3.19. The van der Waals surface area contributed by atoms with E-state index in [2.05, 4.69) is 34.3 Å².